The van der Waals surface area contributed by atoms with Gasteiger partial charge in [0.1, 0.15) is 0 Å². The van der Waals surface area contributed by atoms with E-state index in [1.54, 1.807) is 11.6 Å². The minimum atomic E-state index is -5.84. The summed E-state index contributed by atoms with van der Waals surface area (Å²) < 4.78 is 60.0. The molecule has 0 aliphatic heterocycles. The summed E-state index contributed by atoms with van der Waals surface area (Å²) in [6, 6.07) is 0. The van der Waals surface area contributed by atoms with Crippen molar-refractivity contribution >= 4 is 17.7 Å². The predicted octanol–water partition coefficient (Wildman–Crippen LogP) is 2.20. The van der Waals surface area contributed by atoms with Crippen molar-refractivity contribution < 1.29 is 26.7 Å². The summed E-state index contributed by atoms with van der Waals surface area (Å²) >= 11 is 1.36. The lowest BCUT2D eigenvalue weighted by Gasteiger charge is -2.20. The molecule has 0 radical (unpaired) electrons. The number of alkyl halides is 5. The molecule has 0 aromatic rings. The Morgan fingerprint density at radius 2 is 1.81 bits per heavy atom. The maximum absolute atomic E-state index is 12.5. The fourth-order valence-electron chi connectivity index (χ4n) is 1.07. The number of carbonyl (C=O) groups excluding carboxylic acids is 1. The first kappa shape index (κ1) is 13.5. The van der Waals surface area contributed by atoms with Gasteiger partial charge < -0.3 is 5.32 Å². The number of carbonyl (C=O) groups is 1. The van der Waals surface area contributed by atoms with Crippen LogP contribution in [0.3, 0.4) is 0 Å². The lowest BCUT2D eigenvalue weighted by atomic mass is 10.3. The summed E-state index contributed by atoms with van der Waals surface area (Å²) in [5.74, 6) is -7.60. The van der Waals surface area contributed by atoms with Gasteiger partial charge in [-0.1, -0.05) is 0 Å². The van der Waals surface area contributed by atoms with Gasteiger partial charge in [-0.15, -0.1) is 0 Å². The molecule has 0 saturated heterocycles. The molecule has 1 aliphatic rings. The fraction of sp³-hybridized carbons (Fsp3) is 0.875. The Hall–Kier alpha value is -0.530. The van der Waals surface area contributed by atoms with E-state index in [4.69, 9.17) is 0 Å². The first-order valence-corrected chi connectivity index (χ1v) is 5.65. The third-order valence-electron chi connectivity index (χ3n) is 2.45. The second-order valence-corrected chi connectivity index (χ2v) is 4.92. The van der Waals surface area contributed by atoms with Gasteiger partial charge in [0.15, 0.2) is 0 Å². The molecule has 1 amide bonds. The van der Waals surface area contributed by atoms with Gasteiger partial charge in [-0.25, -0.2) is 0 Å². The van der Waals surface area contributed by atoms with Gasteiger partial charge in [0.05, 0.1) is 0 Å². The maximum Gasteiger partial charge on any atom is 0.463 e. The number of halogens is 5. The van der Waals surface area contributed by atoms with Crippen LogP contribution in [-0.2, 0) is 4.79 Å². The van der Waals surface area contributed by atoms with Gasteiger partial charge in [-0.05, 0) is 19.1 Å². The Labute approximate surface area is 93.0 Å². The standard InChI is InChI=1S/C8H10F5NOS/c1-16-6(2-3-6)4-14-5(15)7(9,10)8(11,12)13/h2-4H2,1H3,(H,14,15). The summed E-state index contributed by atoms with van der Waals surface area (Å²) in [6.07, 6.45) is -2.69. The lowest BCUT2D eigenvalue weighted by Crippen LogP contribution is -2.51. The van der Waals surface area contributed by atoms with Crippen LogP contribution in [0.25, 0.3) is 0 Å². The topological polar surface area (TPSA) is 29.1 Å². The van der Waals surface area contributed by atoms with Crippen LogP contribution < -0.4 is 5.32 Å². The third-order valence-corrected chi connectivity index (χ3v) is 3.87. The number of nitrogens with one attached hydrogen (secondary N) is 1. The molecular weight excluding hydrogens is 253 g/mol. The Balaban J connectivity index is 2.52. The predicted molar refractivity (Wildman–Crippen MR) is 49.5 cm³/mol. The van der Waals surface area contributed by atoms with E-state index in [0.717, 1.165) is 0 Å². The minimum absolute atomic E-state index is 0.154. The van der Waals surface area contributed by atoms with Gasteiger partial charge in [0.25, 0.3) is 5.91 Å². The van der Waals surface area contributed by atoms with E-state index in [9.17, 15) is 26.7 Å². The van der Waals surface area contributed by atoms with Gasteiger partial charge >= 0.3 is 12.1 Å². The van der Waals surface area contributed by atoms with Gasteiger partial charge in [-0.2, -0.15) is 33.7 Å². The van der Waals surface area contributed by atoms with Crippen LogP contribution in [0.4, 0.5) is 22.0 Å². The van der Waals surface area contributed by atoms with Crippen molar-refractivity contribution in [1.29, 1.82) is 0 Å². The molecule has 94 valence electrons. The average Bonchev–Trinajstić information content (AvgIpc) is 2.93. The number of amides is 1. The molecule has 1 saturated carbocycles. The average molecular weight is 263 g/mol. The molecule has 0 spiro atoms. The van der Waals surface area contributed by atoms with E-state index in [2.05, 4.69) is 0 Å². The van der Waals surface area contributed by atoms with E-state index in [0.29, 0.717) is 12.8 Å². The molecule has 8 heteroatoms. The first-order chi connectivity index (χ1) is 7.15. The van der Waals surface area contributed by atoms with E-state index in [1.165, 1.54) is 11.8 Å². The molecular formula is C8H10F5NOS. The van der Waals surface area contributed by atoms with Crippen LogP contribution in [-0.4, -0.2) is 35.6 Å². The highest BCUT2D eigenvalue weighted by atomic mass is 32.2. The molecule has 0 unspecified atom stereocenters. The highest BCUT2D eigenvalue weighted by Gasteiger charge is 2.63. The molecule has 0 aromatic carbocycles. The molecule has 1 rings (SSSR count). The van der Waals surface area contributed by atoms with E-state index >= 15 is 0 Å². The Kier molecular flexibility index (Phi) is 3.42. The van der Waals surface area contributed by atoms with Crippen LogP contribution in [0.2, 0.25) is 0 Å². The molecule has 16 heavy (non-hydrogen) atoms. The van der Waals surface area contributed by atoms with E-state index < -0.39 is 18.0 Å². The molecule has 1 aliphatic carbocycles. The molecule has 0 atom stereocenters. The largest absolute Gasteiger partial charge is 0.463 e. The summed E-state index contributed by atoms with van der Waals surface area (Å²) in [4.78, 5) is 10.7. The van der Waals surface area contributed by atoms with Gasteiger partial charge in [0.2, 0.25) is 0 Å². The Morgan fingerprint density at radius 1 is 1.31 bits per heavy atom. The summed E-state index contributed by atoms with van der Waals surface area (Å²) in [5.41, 5.74) is 0. The van der Waals surface area contributed by atoms with Crippen LogP contribution in [0.5, 0.6) is 0 Å². The monoisotopic (exact) mass is 263 g/mol. The first-order valence-electron chi connectivity index (χ1n) is 4.43. The van der Waals surface area contributed by atoms with E-state index in [-0.39, 0.29) is 11.3 Å². The SMILES string of the molecule is CSC1(CNC(=O)C(F)(F)C(F)(F)F)CC1. The molecule has 1 N–H and O–H groups in total. The van der Waals surface area contributed by atoms with Crippen molar-refractivity contribution in [3.05, 3.63) is 0 Å². The number of thioether (sulfide) groups is 1. The van der Waals surface area contributed by atoms with Crippen LogP contribution >= 0.6 is 11.8 Å². The zero-order valence-corrected chi connectivity index (χ0v) is 9.14. The zero-order chi connectivity index (χ0) is 12.6. The molecule has 0 bridgehead atoms. The normalized spacial score (nSPS) is 19.4. The van der Waals surface area contributed by atoms with Crippen molar-refractivity contribution in [2.75, 3.05) is 12.8 Å². The zero-order valence-electron chi connectivity index (χ0n) is 8.33. The van der Waals surface area contributed by atoms with Gasteiger partial charge in [-0.3, -0.25) is 4.79 Å². The molecule has 0 heterocycles. The fourth-order valence-corrected chi connectivity index (χ4v) is 1.80. The Bertz CT molecular complexity index is 287. The highest BCUT2D eigenvalue weighted by molar-refractivity contribution is 8.00. The van der Waals surface area contributed by atoms with Crippen molar-refractivity contribution in [1.82, 2.24) is 5.32 Å². The van der Waals surface area contributed by atoms with Crippen LogP contribution in [0, 0.1) is 0 Å². The summed E-state index contributed by atoms with van der Waals surface area (Å²) in [5, 5.41) is 1.65. The second kappa shape index (κ2) is 4.05. The number of hydrogen-bond donors (Lipinski definition) is 1. The van der Waals surface area contributed by atoms with Gasteiger partial charge in [0, 0.05) is 11.3 Å². The minimum Gasteiger partial charge on any atom is -0.349 e. The molecule has 0 aromatic heterocycles. The van der Waals surface area contributed by atoms with Crippen molar-refractivity contribution in [2.24, 2.45) is 0 Å². The van der Waals surface area contributed by atoms with Crippen LogP contribution in [0.1, 0.15) is 12.8 Å². The molecule has 1 fully saturated rings. The quantitative estimate of drug-likeness (QED) is 0.788. The van der Waals surface area contributed by atoms with Crippen molar-refractivity contribution in [2.45, 2.75) is 29.7 Å². The maximum atomic E-state index is 12.5. The number of hydrogen-bond acceptors (Lipinski definition) is 2. The van der Waals surface area contributed by atoms with E-state index in [1.807, 2.05) is 0 Å². The highest BCUT2D eigenvalue weighted by Crippen LogP contribution is 2.46. The Morgan fingerprint density at radius 3 is 2.12 bits per heavy atom. The van der Waals surface area contributed by atoms with Crippen molar-refractivity contribution in [3.8, 4) is 0 Å². The molecule has 2 nitrogen and oxygen atoms in total. The summed E-state index contributed by atoms with van der Waals surface area (Å²) in [6.45, 7) is -0.154. The number of rotatable bonds is 4. The van der Waals surface area contributed by atoms with Crippen molar-refractivity contribution in [3.63, 3.8) is 0 Å². The lowest BCUT2D eigenvalue weighted by molar-refractivity contribution is -0.269. The summed E-state index contributed by atoms with van der Waals surface area (Å²) in [7, 11) is 0. The smallest absolute Gasteiger partial charge is 0.349 e. The van der Waals surface area contributed by atoms with Crippen LogP contribution in [0.15, 0.2) is 0 Å². The third kappa shape index (κ3) is 2.58. The second-order valence-electron chi connectivity index (χ2n) is 3.64.